The smallest absolute Gasteiger partial charge is 0.123 e. The first-order valence-electron chi connectivity index (χ1n) is 4.67. The van der Waals surface area contributed by atoms with Crippen molar-refractivity contribution in [2.24, 2.45) is 0 Å². The van der Waals surface area contributed by atoms with Crippen LogP contribution in [0.1, 0.15) is 16.7 Å². The van der Waals surface area contributed by atoms with Crippen molar-refractivity contribution >= 4 is 11.6 Å². The molecule has 0 saturated heterocycles. The second-order valence-electron chi connectivity index (χ2n) is 3.31. The van der Waals surface area contributed by atoms with Crippen LogP contribution >= 0.6 is 11.6 Å². The lowest BCUT2D eigenvalue weighted by atomic mass is 10.1. The first kappa shape index (κ1) is 10.2. The average molecular weight is 225 g/mol. The Hall–Kier alpha value is -1.28. The maximum absolute atomic E-state index is 12.6. The summed E-state index contributed by atoms with van der Waals surface area (Å²) in [4.78, 5) is 0. The monoisotopic (exact) mass is 224 g/mol. The van der Waals surface area contributed by atoms with Crippen LogP contribution in [-0.4, -0.2) is 0 Å². The van der Waals surface area contributed by atoms with E-state index in [4.69, 9.17) is 16.0 Å². The molecule has 1 nitrogen and oxygen atoms in total. The highest BCUT2D eigenvalue weighted by Gasteiger charge is 2.11. The van der Waals surface area contributed by atoms with Crippen LogP contribution in [0.3, 0.4) is 0 Å². The number of hydrogen-bond acceptors (Lipinski definition) is 1. The molecular formula is C12H10ClFO. The fourth-order valence-corrected chi connectivity index (χ4v) is 1.70. The zero-order chi connectivity index (χ0) is 10.7. The first-order chi connectivity index (χ1) is 7.25. The minimum atomic E-state index is -0.233. The van der Waals surface area contributed by atoms with Crippen molar-refractivity contribution < 1.29 is 8.81 Å². The van der Waals surface area contributed by atoms with E-state index in [1.807, 2.05) is 6.07 Å². The summed E-state index contributed by atoms with van der Waals surface area (Å²) in [7, 11) is 0. The molecule has 0 spiro atoms. The Morgan fingerprint density at radius 2 is 1.93 bits per heavy atom. The number of benzene rings is 1. The summed E-state index contributed by atoms with van der Waals surface area (Å²) in [5.74, 6) is 0.504. The van der Waals surface area contributed by atoms with Crippen molar-refractivity contribution in [2.75, 3.05) is 0 Å². The Labute approximate surface area is 92.5 Å². The topological polar surface area (TPSA) is 13.1 Å². The molecule has 0 saturated carbocycles. The van der Waals surface area contributed by atoms with Crippen molar-refractivity contribution in [2.45, 2.75) is 11.8 Å². The van der Waals surface area contributed by atoms with Gasteiger partial charge in [0.2, 0.25) is 0 Å². The van der Waals surface area contributed by atoms with Crippen LogP contribution in [-0.2, 0) is 6.42 Å². The fraction of sp³-hybridized carbons (Fsp3) is 0.167. The van der Waals surface area contributed by atoms with E-state index in [9.17, 15) is 4.39 Å². The molecule has 1 aromatic carbocycles. The molecule has 0 radical (unpaired) electrons. The number of alkyl halides is 1. The molecule has 1 heterocycles. The van der Waals surface area contributed by atoms with Crippen molar-refractivity contribution in [1.82, 2.24) is 0 Å². The van der Waals surface area contributed by atoms with Crippen LogP contribution in [0.5, 0.6) is 0 Å². The number of furan rings is 1. The van der Waals surface area contributed by atoms with Gasteiger partial charge in [0, 0.05) is 0 Å². The number of rotatable bonds is 3. The van der Waals surface area contributed by atoms with Crippen molar-refractivity contribution in [3.8, 4) is 0 Å². The largest absolute Gasteiger partial charge is 0.468 e. The van der Waals surface area contributed by atoms with Gasteiger partial charge in [-0.25, -0.2) is 4.39 Å². The first-order valence-corrected chi connectivity index (χ1v) is 5.11. The number of halogens is 2. The second-order valence-corrected chi connectivity index (χ2v) is 3.84. The Morgan fingerprint density at radius 1 is 1.20 bits per heavy atom. The normalized spacial score (nSPS) is 12.7. The van der Waals surface area contributed by atoms with Gasteiger partial charge >= 0.3 is 0 Å². The lowest BCUT2D eigenvalue weighted by Gasteiger charge is -2.06. The summed E-state index contributed by atoms with van der Waals surface area (Å²) in [6.45, 7) is 0. The van der Waals surface area contributed by atoms with Crippen LogP contribution in [0.2, 0.25) is 0 Å². The van der Waals surface area contributed by atoms with E-state index >= 15 is 0 Å². The standard InChI is InChI=1S/C12H10ClFO/c13-11(12-2-1-7-15-12)8-9-3-5-10(14)6-4-9/h1-7,11H,8H2. The Kier molecular flexibility index (Phi) is 3.07. The van der Waals surface area contributed by atoms with Crippen molar-refractivity contribution in [1.29, 1.82) is 0 Å². The lowest BCUT2D eigenvalue weighted by Crippen LogP contribution is -1.94. The quantitative estimate of drug-likeness (QED) is 0.720. The van der Waals surface area contributed by atoms with E-state index in [1.165, 1.54) is 12.1 Å². The second kappa shape index (κ2) is 4.49. The van der Waals surface area contributed by atoms with Crippen LogP contribution < -0.4 is 0 Å². The van der Waals surface area contributed by atoms with Gasteiger partial charge in [-0.15, -0.1) is 11.6 Å². The van der Waals surface area contributed by atoms with Gasteiger partial charge in [0.15, 0.2) is 0 Å². The van der Waals surface area contributed by atoms with E-state index in [0.29, 0.717) is 6.42 Å². The molecule has 0 aliphatic carbocycles. The summed E-state index contributed by atoms with van der Waals surface area (Å²) in [6.07, 6.45) is 2.23. The molecular weight excluding hydrogens is 215 g/mol. The molecule has 78 valence electrons. The van der Waals surface area contributed by atoms with Crippen molar-refractivity contribution in [3.05, 3.63) is 59.8 Å². The predicted molar refractivity (Wildman–Crippen MR) is 57.4 cm³/mol. The van der Waals surface area contributed by atoms with Gasteiger partial charge in [0.25, 0.3) is 0 Å². The Morgan fingerprint density at radius 3 is 2.53 bits per heavy atom. The molecule has 1 atom stereocenters. The van der Waals surface area contributed by atoms with E-state index in [-0.39, 0.29) is 11.2 Å². The molecule has 0 aliphatic heterocycles. The molecule has 3 heteroatoms. The maximum atomic E-state index is 12.6. The molecule has 0 amide bonds. The van der Waals surface area contributed by atoms with Crippen molar-refractivity contribution in [3.63, 3.8) is 0 Å². The van der Waals surface area contributed by atoms with Gasteiger partial charge in [-0.3, -0.25) is 0 Å². The molecule has 0 N–H and O–H groups in total. The van der Waals surface area contributed by atoms with E-state index in [0.717, 1.165) is 11.3 Å². The van der Waals surface area contributed by atoms with E-state index < -0.39 is 0 Å². The maximum Gasteiger partial charge on any atom is 0.123 e. The van der Waals surface area contributed by atoms with Gasteiger partial charge in [-0.2, -0.15) is 0 Å². The third kappa shape index (κ3) is 2.60. The van der Waals surface area contributed by atoms with Crippen LogP contribution in [0.4, 0.5) is 4.39 Å². The van der Waals surface area contributed by atoms with E-state index in [2.05, 4.69) is 0 Å². The highest BCUT2D eigenvalue weighted by atomic mass is 35.5. The van der Waals surface area contributed by atoms with Gasteiger partial charge in [0.1, 0.15) is 11.6 Å². The third-order valence-corrected chi connectivity index (χ3v) is 2.55. The molecule has 0 fully saturated rings. The fourth-order valence-electron chi connectivity index (χ4n) is 1.40. The zero-order valence-electron chi connectivity index (χ0n) is 7.99. The van der Waals surface area contributed by atoms with Gasteiger partial charge in [-0.05, 0) is 36.2 Å². The van der Waals surface area contributed by atoms with Gasteiger partial charge < -0.3 is 4.42 Å². The minimum Gasteiger partial charge on any atom is -0.468 e. The van der Waals surface area contributed by atoms with Gasteiger partial charge in [0.05, 0.1) is 11.6 Å². The lowest BCUT2D eigenvalue weighted by molar-refractivity contribution is 0.502. The molecule has 0 bridgehead atoms. The Bertz CT molecular complexity index is 408. The zero-order valence-corrected chi connectivity index (χ0v) is 8.75. The molecule has 2 aromatic rings. The summed E-state index contributed by atoms with van der Waals surface area (Å²) in [5, 5.41) is -0.203. The predicted octanol–water partition coefficient (Wildman–Crippen LogP) is 3.94. The highest BCUT2D eigenvalue weighted by molar-refractivity contribution is 6.20. The highest BCUT2D eigenvalue weighted by Crippen LogP contribution is 2.25. The summed E-state index contributed by atoms with van der Waals surface area (Å²) < 4.78 is 17.8. The van der Waals surface area contributed by atoms with Crippen LogP contribution in [0.25, 0.3) is 0 Å². The molecule has 15 heavy (non-hydrogen) atoms. The Balaban J connectivity index is 2.06. The summed E-state index contributed by atoms with van der Waals surface area (Å²) in [6, 6.07) is 9.96. The third-order valence-electron chi connectivity index (χ3n) is 2.18. The SMILES string of the molecule is Fc1ccc(CC(Cl)c2ccco2)cc1. The molecule has 1 unspecified atom stereocenters. The molecule has 0 aliphatic rings. The molecule has 2 rings (SSSR count). The number of hydrogen-bond donors (Lipinski definition) is 0. The summed E-state index contributed by atoms with van der Waals surface area (Å²) >= 11 is 6.13. The molecule has 1 aromatic heterocycles. The van der Waals surface area contributed by atoms with Crippen LogP contribution in [0.15, 0.2) is 47.1 Å². The van der Waals surface area contributed by atoms with E-state index in [1.54, 1.807) is 24.5 Å². The van der Waals surface area contributed by atoms with Crippen LogP contribution in [0, 0.1) is 5.82 Å². The van der Waals surface area contributed by atoms with Gasteiger partial charge in [-0.1, -0.05) is 12.1 Å². The summed E-state index contributed by atoms with van der Waals surface area (Å²) in [5.41, 5.74) is 0.993. The average Bonchev–Trinajstić information content (AvgIpc) is 2.74. The minimum absolute atomic E-state index is 0.203.